The van der Waals surface area contributed by atoms with Crippen molar-refractivity contribution in [1.82, 2.24) is 9.97 Å². The summed E-state index contributed by atoms with van der Waals surface area (Å²) in [5, 5.41) is 0. The monoisotopic (exact) mass is 385 g/mol. The van der Waals surface area contributed by atoms with E-state index < -0.39 is 0 Å². The van der Waals surface area contributed by atoms with Crippen LogP contribution in [0.5, 0.6) is 11.5 Å². The summed E-state index contributed by atoms with van der Waals surface area (Å²) in [6, 6.07) is 14.0. The van der Waals surface area contributed by atoms with Gasteiger partial charge in [0.1, 0.15) is 11.5 Å². The summed E-state index contributed by atoms with van der Waals surface area (Å²) in [5.74, 6) is 3.82. The van der Waals surface area contributed by atoms with E-state index in [2.05, 4.69) is 39.7 Å². The van der Waals surface area contributed by atoms with Crippen LogP contribution in [0.4, 0.5) is 5.69 Å². The number of benzene rings is 2. The van der Waals surface area contributed by atoms with Gasteiger partial charge in [-0.3, -0.25) is 13.7 Å². The second kappa shape index (κ2) is 9.69. The average molecular weight is 386 g/mol. The number of hydrogen-bond acceptors (Lipinski definition) is 6. The van der Waals surface area contributed by atoms with E-state index in [4.69, 9.17) is 4.74 Å². The highest BCUT2D eigenvalue weighted by molar-refractivity contribution is 8.18. The third-order valence-corrected chi connectivity index (χ3v) is 6.25. The Kier molecular flexibility index (Phi) is 7.03. The van der Waals surface area contributed by atoms with E-state index in [1.54, 1.807) is 12.4 Å². The molecule has 0 unspecified atom stereocenters. The van der Waals surface area contributed by atoms with Crippen LogP contribution in [0.1, 0.15) is 26.7 Å². The van der Waals surface area contributed by atoms with Gasteiger partial charge in [-0.25, -0.2) is 0 Å². The van der Waals surface area contributed by atoms with Gasteiger partial charge in [-0.15, -0.1) is 0 Å². The van der Waals surface area contributed by atoms with Crippen molar-refractivity contribution in [3.05, 3.63) is 54.9 Å². The number of anilines is 1. The first kappa shape index (κ1) is 18.9. The molecule has 0 aliphatic heterocycles. The normalized spacial score (nSPS) is 10.8. The highest BCUT2D eigenvalue weighted by atomic mass is 32.2. The molecular weight excluding hydrogens is 362 g/mol. The zero-order valence-electron chi connectivity index (χ0n) is 15.1. The highest BCUT2D eigenvalue weighted by Crippen LogP contribution is 2.33. The molecule has 26 heavy (non-hydrogen) atoms. The van der Waals surface area contributed by atoms with Gasteiger partial charge in [0.2, 0.25) is 0 Å². The Labute approximate surface area is 163 Å². The lowest BCUT2D eigenvalue weighted by Crippen LogP contribution is -2.05. The van der Waals surface area contributed by atoms with E-state index in [-0.39, 0.29) is 0 Å². The summed E-state index contributed by atoms with van der Waals surface area (Å²) < 4.78 is 8.29. The van der Waals surface area contributed by atoms with Crippen LogP contribution in [0.2, 0.25) is 0 Å². The van der Waals surface area contributed by atoms with Crippen LogP contribution >= 0.6 is 23.9 Å². The van der Waals surface area contributed by atoms with Crippen LogP contribution in [0.15, 0.2) is 54.9 Å². The van der Waals surface area contributed by atoms with Crippen molar-refractivity contribution in [2.75, 3.05) is 15.2 Å². The van der Waals surface area contributed by atoms with E-state index in [0.717, 1.165) is 34.0 Å². The van der Waals surface area contributed by atoms with Crippen molar-refractivity contribution < 1.29 is 4.74 Å². The second-order valence-corrected chi connectivity index (χ2v) is 8.02. The predicted molar refractivity (Wildman–Crippen MR) is 114 cm³/mol. The molecule has 6 heteroatoms. The van der Waals surface area contributed by atoms with E-state index in [9.17, 15) is 0 Å². The van der Waals surface area contributed by atoms with Gasteiger partial charge in [0.05, 0.1) is 16.7 Å². The molecule has 0 aliphatic carbocycles. The van der Waals surface area contributed by atoms with Crippen molar-refractivity contribution in [3.63, 3.8) is 0 Å². The van der Waals surface area contributed by atoms with Crippen molar-refractivity contribution in [2.24, 2.45) is 0 Å². The quantitative estimate of drug-likeness (QED) is 0.400. The fraction of sp³-hybridized carbons (Fsp3) is 0.300. The molecule has 2 aromatic carbocycles. The fourth-order valence-electron chi connectivity index (χ4n) is 2.31. The van der Waals surface area contributed by atoms with Gasteiger partial charge >= 0.3 is 0 Å². The Bertz CT molecular complexity index is 819. The first-order chi connectivity index (χ1) is 12.8. The molecule has 0 amide bonds. The maximum absolute atomic E-state index is 5.98. The van der Waals surface area contributed by atoms with E-state index in [1.165, 1.54) is 18.5 Å². The Balaban J connectivity index is 1.70. The molecule has 1 heterocycles. The summed E-state index contributed by atoms with van der Waals surface area (Å²) >= 11 is 3.73. The summed E-state index contributed by atoms with van der Waals surface area (Å²) in [7, 11) is 0. The molecule has 4 nitrogen and oxygen atoms in total. The Hall–Kier alpha value is -1.92. The van der Waals surface area contributed by atoms with Crippen molar-refractivity contribution in [3.8, 4) is 11.5 Å². The predicted octanol–water partition coefficient (Wildman–Crippen LogP) is 6.34. The van der Waals surface area contributed by atoms with Crippen LogP contribution in [0, 0.1) is 0 Å². The van der Waals surface area contributed by atoms with Crippen LogP contribution in [0.3, 0.4) is 0 Å². The molecule has 0 atom stereocenters. The molecule has 0 saturated carbocycles. The summed E-state index contributed by atoms with van der Waals surface area (Å²) in [6.07, 6.45) is 5.72. The zero-order chi connectivity index (χ0) is 18.2. The van der Waals surface area contributed by atoms with E-state index in [1.807, 2.05) is 54.2 Å². The first-order valence-electron chi connectivity index (χ1n) is 8.84. The maximum Gasteiger partial charge on any atom is 0.129 e. The molecule has 0 fully saturated rings. The molecule has 0 N–H and O–H groups in total. The number of hydrogen-bond donors (Lipinski definition) is 0. The summed E-state index contributed by atoms with van der Waals surface area (Å²) in [5.41, 5.74) is 2.89. The van der Waals surface area contributed by atoms with Gasteiger partial charge in [-0.1, -0.05) is 13.8 Å². The first-order valence-corrected chi connectivity index (χ1v) is 10.7. The minimum absolute atomic E-state index is 0.767. The highest BCUT2D eigenvalue weighted by Gasteiger charge is 2.08. The smallest absolute Gasteiger partial charge is 0.129 e. The third-order valence-electron chi connectivity index (χ3n) is 3.55. The number of rotatable bonds is 9. The lowest BCUT2D eigenvalue weighted by atomic mass is 10.2. The standard InChI is InChI=1S/C20H23N3OS2/c1-3-13-25-23(26-14-4-2)16-5-7-17(8-6-16)24-18-9-10-19-20(15-18)22-12-11-21-19/h5-12,15H,3-4,13-14H2,1-2H3. The van der Waals surface area contributed by atoms with Gasteiger partial charge in [-0.2, -0.15) is 0 Å². The molecule has 3 rings (SSSR count). The molecule has 0 spiro atoms. The van der Waals surface area contributed by atoms with Crippen molar-refractivity contribution >= 4 is 40.6 Å². The lowest BCUT2D eigenvalue weighted by molar-refractivity contribution is 0.483. The van der Waals surface area contributed by atoms with E-state index >= 15 is 0 Å². The van der Waals surface area contributed by atoms with E-state index in [0.29, 0.717) is 0 Å². The minimum atomic E-state index is 0.767. The summed E-state index contributed by atoms with van der Waals surface area (Å²) in [6.45, 7) is 4.42. The fourth-order valence-corrected chi connectivity index (χ4v) is 4.30. The maximum atomic E-state index is 5.98. The summed E-state index contributed by atoms with van der Waals surface area (Å²) in [4.78, 5) is 8.60. The molecule has 3 aromatic rings. The number of ether oxygens (including phenoxy) is 1. The second-order valence-electron chi connectivity index (χ2n) is 5.73. The van der Waals surface area contributed by atoms with Crippen LogP contribution in [-0.4, -0.2) is 21.5 Å². The molecule has 1 aromatic heterocycles. The van der Waals surface area contributed by atoms with Crippen LogP contribution < -0.4 is 8.45 Å². The number of nitrogens with zero attached hydrogens (tertiary/aromatic N) is 3. The van der Waals surface area contributed by atoms with Crippen molar-refractivity contribution in [2.45, 2.75) is 26.7 Å². The molecule has 136 valence electrons. The average Bonchev–Trinajstić information content (AvgIpc) is 2.69. The topological polar surface area (TPSA) is 38.2 Å². The molecule has 0 saturated heterocycles. The largest absolute Gasteiger partial charge is 0.457 e. The van der Waals surface area contributed by atoms with Gasteiger partial charge < -0.3 is 4.74 Å². The molecular formula is C20H23N3OS2. The Morgan fingerprint density at radius 2 is 1.42 bits per heavy atom. The molecule has 0 aliphatic rings. The van der Waals surface area contributed by atoms with Gasteiger partial charge in [0.25, 0.3) is 0 Å². The van der Waals surface area contributed by atoms with Crippen LogP contribution in [0.25, 0.3) is 11.0 Å². The van der Waals surface area contributed by atoms with Gasteiger partial charge in [0, 0.05) is 30.0 Å². The Morgan fingerprint density at radius 3 is 2.08 bits per heavy atom. The molecule has 0 radical (unpaired) electrons. The zero-order valence-corrected chi connectivity index (χ0v) is 16.7. The van der Waals surface area contributed by atoms with Gasteiger partial charge in [0.15, 0.2) is 0 Å². The lowest BCUT2D eigenvalue weighted by Gasteiger charge is -2.21. The van der Waals surface area contributed by atoms with Crippen LogP contribution in [-0.2, 0) is 0 Å². The number of aromatic nitrogens is 2. The van der Waals surface area contributed by atoms with Gasteiger partial charge in [-0.05, 0) is 73.1 Å². The Morgan fingerprint density at radius 1 is 0.808 bits per heavy atom. The number of fused-ring (bicyclic) bond motifs is 1. The minimum Gasteiger partial charge on any atom is -0.457 e. The SMILES string of the molecule is CCCSN(SCCC)c1ccc(Oc2ccc3nccnc3c2)cc1. The molecule has 0 bridgehead atoms. The van der Waals surface area contributed by atoms with Crippen molar-refractivity contribution in [1.29, 1.82) is 0 Å². The third kappa shape index (κ3) is 5.05.